The van der Waals surface area contributed by atoms with Crippen molar-refractivity contribution in [1.29, 1.82) is 0 Å². The van der Waals surface area contributed by atoms with E-state index in [1.165, 1.54) is 0 Å². The van der Waals surface area contributed by atoms with Crippen LogP contribution in [-0.4, -0.2) is 41.0 Å². The average molecular weight is 424 g/mol. The van der Waals surface area contributed by atoms with Gasteiger partial charge in [-0.3, -0.25) is 20.0 Å². The number of aromatic nitrogens is 1. The highest BCUT2D eigenvalue weighted by Crippen LogP contribution is 2.30. The van der Waals surface area contributed by atoms with Gasteiger partial charge < -0.3 is 4.90 Å². The highest BCUT2D eigenvalue weighted by Gasteiger charge is 2.24. The van der Waals surface area contributed by atoms with E-state index in [1.54, 1.807) is 12.3 Å². The zero-order valence-corrected chi connectivity index (χ0v) is 14.7. The van der Waals surface area contributed by atoms with Crippen LogP contribution in [0.4, 0.5) is 11.4 Å². The molecule has 0 atom stereocenters. The molecule has 0 radical (unpaired) electrons. The molecule has 2 aromatic rings. The minimum Gasteiger partial charge on any atom is -0.363 e. The number of pyridine rings is 1. The minimum absolute atomic E-state index is 0.190. The summed E-state index contributed by atoms with van der Waals surface area (Å²) in [5.41, 5.74) is 1.96. The summed E-state index contributed by atoms with van der Waals surface area (Å²) in [6.07, 6.45) is 1.81. The molecule has 0 bridgehead atoms. The van der Waals surface area contributed by atoms with Crippen molar-refractivity contribution >= 4 is 34.0 Å². The topological polar surface area (TPSA) is 62.5 Å². The van der Waals surface area contributed by atoms with E-state index in [0.717, 1.165) is 42.0 Å². The number of hydrogen-bond donors (Lipinski definition) is 0. The van der Waals surface area contributed by atoms with E-state index < -0.39 is 0 Å². The Labute approximate surface area is 148 Å². The van der Waals surface area contributed by atoms with Crippen LogP contribution < -0.4 is 4.90 Å². The van der Waals surface area contributed by atoms with Gasteiger partial charge in [-0.2, -0.15) is 0 Å². The van der Waals surface area contributed by atoms with Crippen molar-refractivity contribution in [3.8, 4) is 0 Å². The van der Waals surface area contributed by atoms with Crippen LogP contribution in [0.15, 0.2) is 42.6 Å². The molecule has 1 aliphatic heterocycles. The monoisotopic (exact) mass is 424 g/mol. The molecular formula is C16H17IN4O2. The average Bonchev–Trinajstić information content (AvgIpc) is 2.56. The lowest BCUT2D eigenvalue weighted by Gasteiger charge is -2.35. The molecule has 0 saturated carbocycles. The number of halogens is 1. The van der Waals surface area contributed by atoms with Gasteiger partial charge in [-0.25, -0.2) is 0 Å². The van der Waals surface area contributed by atoms with Gasteiger partial charge in [0.1, 0.15) is 5.69 Å². The van der Waals surface area contributed by atoms with Crippen molar-refractivity contribution < 1.29 is 4.92 Å². The molecule has 6 nitrogen and oxygen atoms in total. The third-order valence-electron chi connectivity index (χ3n) is 3.96. The number of hydrogen-bond acceptors (Lipinski definition) is 5. The third kappa shape index (κ3) is 3.97. The van der Waals surface area contributed by atoms with Gasteiger partial charge in [-0.1, -0.05) is 6.07 Å². The molecule has 0 unspecified atom stereocenters. The Kier molecular flexibility index (Phi) is 5.06. The van der Waals surface area contributed by atoms with Crippen LogP contribution >= 0.6 is 22.6 Å². The second-order valence-corrected chi connectivity index (χ2v) is 6.72. The molecule has 0 spiro atoms. The van der Waals surface area contributed by atoms with Gasteiger partial charge in [0.15, 0.2) is 0 Å². The van der Waals surface area contributed by atoms with Gasteiger partial charge in [0, 0.05) is 48.6 Å². The van der Waals surface area contributed by atoms with Crippen LogP contribution in [0, 0.1) is 13.7 Å². The molecular weight excluding hydrogens is 407 g/mol. The van der Waals surface area contributed by atoms with E-state index in [0.29, 0.717) is 5.69 Å². The van der Waals surface area contributed by atoms with Crippen molar-refractivity contribution in [2.45, 2.75) is 6.54 Å². The van der Waals surface area contributed by atoms with Crippen molar-refractivity contribution in [2.24, 2.45) is 0 Å². The fraction of sp³-hybridized carbons (Fsp3) is 0.312. The van der Waals surface area contributed by atoms with E-state index in [4.69, 9.17) is 0 Å². The van der Waals surface area contributed by atoms with Crippen LogP contribution in [0.2, 0.25) is 0 Å². The van der Waals surface area contributed by atoms with Gasteiger partial charge in [0.2, 0.25) is 0 Å². The fourth-order valence-electron chi connectivity index (χ4n) is 2.78. The Morgan fingerprint density at radius 1 is 1.17 bits per heavy atom. The summed E-state index contributed by atoms with van der Waals surface area (Å²) < 4.78 is 0.881. The fourth-order valence-corrected chi connectivity index (χ4v) is 3.25. The van der Waals surface area contributed by atoms with Crippen LogP contribution in [-0.2, 0) is 6.54 Å². The third-order valence-corrected chi connectivity index (χ3v) is 4.63. The van der Waals surface area contributed by atoms with Gasteiger partial charge in [-0.15, -0.1) is 0 Å². The van der Waals surface area contributed by atoms with E-state index in [1.807, 2.05) is 30.3 Å². The summed E-state index contributed by atoms with van der Waals surface area (Å²) in [6.45, 7) is 4.14. The molecule has 1 aromatic heterocycles. The summed E-state index contributed by atoms with van der Waals surface area (Å²) in [5.74, 6) is 0. The second-order valence-electron chi connectivity index (χ2n) is 5.47. The zero-order valence-electron chi connectivity index (χ0n) is 12.6. The first-order valence-corrected chi connectivity index (χ1v) is 8.52. The standard InChI is InChI=1S/C16H17IN4O2/c17-13-4-5-15(16(11-13)21(22)23)20-9-7-19(8-10-20)12-14-3-1-2-6-18-14/h1-6,11H,7-10,12H2. The van der Waals surface area contributed by atoms with Crippen LogP contribution in [0.1, 0.15) is 5.69 Å². The first kappa shape index (κ1) is 16.1. The molecule has 1 fully saturated rings. The molecule has 1 saturated heterocycles. The summed E-state index contributed by atoms with van der Waals surface area (Å²) >= 11 is 2.10. The number of nitrogens with zero attached hydrogens (tertiary/aromatic N) is 4. The maximum atomic E-state index is 11.3. The molecule has 0 amide bonds. The predicted octanol–water partition coefficient (Wildman–Crippen LogP) is 2.92. The first-order valence-electron chi connectivity index (χ1n) is 7.44. The van der Waals surface area contributed by atoms with E-state index in [9.17, 15) is 10.1 Å². The quantitative estimate of drug-likeness (QED) is 0.429. The Bertz CT molecular complexity index is 688. The van der Waals surface area contributed by atoms with Crippen LogP contribution in [0.5, 0.6) is 0 Å². The summed E-state index contributed by atoms with van der Waals surface area (Å²) in [6, 6.07) is 11.3. The number of rotatable bonds is 4. The summed E-state index contributed by atoms with van der Waals surface area (Å²) in [4.78, 5) is 19.8. The largest absolute Gasteiger partial charge is 0.363 e. The molecule has 2 heterocycles. The number of benzene rings is 1. The first-order chi connectivity index (χ1) is 11.1. The van der Waals surface area contributed by atoms with Crippen molar-refractivity contribution in [3.63, 3.8) is 0 Å². The highest BCUT2D eigenvalue weighted by atomic mass is 127. The van der Waals surface area contributed by atoms with Gasteiger partial charge in [0.25, 0.3) is 5.69 Å². The molecule has 3 rings (SSSR count). The number of anilines is 1. The lowest BCUT2D eigenvalue weighted by molar-refractivity contribution is -0.384. The molecule has 1 aromatic carbocycles. The Balaban J connectivity index is 1.66. The maximum Gasteiger partial charge on any atom is 0.293 e. The van der Waals surface area contributed by atoms with Gasteiger partial charge >= 0.3 is 0 Å². The van der Waals surface area contributed by atoms with Crippen molar-refractivity contribution in [3.05, 3.63) is 62.0 Å². The SMILES string of the molecule is O=[N+]([O-])c1cc(I)ccc1N1CCN(Cc2ccccn2)CC1. The Hall–Kier alpha value is -1.74. The lowest BCUT2D eigenvalue weighted by atomic mass is 10.2. The second kappa shape index (κ2) is 7.22. The van der Waals surface area contributed by atoms with E-state index in [2.05, 4.69) is 37.4 Å². The Morgan fingerprint density at radius 3 is 2.61 bits per heavy atom. The van der Waals surface area contributed by atoms with Gasteiger partial charge in [-0.05, 0) is 46.9 Å². The smallest absolute Gasteiger partial charge is 0.293 e. The van der Waals surface area contributed by atoms with Gasteiger partial charge in [0.05, 0.1) is 10.6 Å². The van der Waals surface area contributed by atoms with Crippen molar-refractivity contribution in [2.75, 3.05) is 31.1 Å². The van der Waals surface area contributed by atoms with E-state index in [-0.39, 0.29) is 10.6 Å². The van der Waals surface area contributed by atoms with Crippen LogP contribution in [0.3, 0.4) is 0 Å². The molecule has 0 aliphatic carbocycles. The molecule has 7 heteroatoms. The minimum atomic E-state index is -0.294. The Morgan fingerprint density at radius 2 is 1.96 bits per heavy atom. The zero-order chi connectivity index (χ0) is 16.2. The molecule has 1 aliphatic rings. The van der Waals surface area contributed by atoms with Crippen LogP contribution in [0.25, 0.3) is 0 Å². The van der Waals surface area contributed by atoms with Crippen molar-refractivity contribution in [1.82, 2.24) is 9.88 Å². The number of nitro benzene ring substituents is 1. The highest BCUT2D eigenvalue weighted by molar-refractivity contribution is 14.1. The lowest BCUT2D eigenvalue weighted by Crippen LogP contribution is -2.46. The summed E-state index contributed by atoms with van der Waals surface area (Å²) in [7, 11) is 0. The molecule has 23 heavy (non-hydrogen) atoms. The number of piperazine rings is 1. The van der Waals surface area contributed by atoms with E-state index >= 15 is 0 Å². The predicted molar refractivity (Wildman–Crippen MR) is 97.5 cm³/mol. The molecule has 120 valence electrons. The normalized spacial score (nSPS) is 15.6. The maximum absolute atomic E-state index is 11.3. The summed E-state index contributed by atoms with van der Waals surface area (Å²) in [5, 5.41) is 11.3. The number of nitro groups is 1. The molecule has 0 N–H and O–H groups in total.